The van der Waals surface area contributed by atoms with E-state index in [-0.39, 0.29) is 11.7 Å². The van der Waals surface area contributed by atoms with E-state index in [9.17, 15) is 9.18 Å². The number of thioether (sulfide) groups is 1. The van der Waals surface area contributed by atoms with Gasteiger partial charge in [0.05, 0.1) is 11.2 Å². The maximum absolute atomic E-state index is 14.2. The van der Waals surface area contributed by atoms with Crippen molar-refractivity contribution in [3.8, 4) is 0 Å². The Morgan fingerprint density at radius 2 is 1.79 bits per heavy atom. The number of fused-ring (bicyclic) bond motifs is 1. The molecule has 0 aliphatic carbocycles. The fourth-order valence-corrected chi connectivity index (χ4v) is 4.67. The Morgan fingerprint density at radius 3 is 2.48 bits per heavy atom. The summed E-state index contributed by atoms with van der Waals surface area (Å²) in [5.41, 5.74) is 1.87. The molecule has 0 aliphatic rings. The van der Waals surface area contributed by atoms with E-state index in [2.05, 4.69) is 11.9 Å². The number of halogens is 1. The van der Waals surface area contributed by atoms with E-state index >= 15 is 0 Å². The van der Waals surface area contributed by atoms with E-state index in [0.29, 0.717) is 22.8 Å². The van der Waals surface area contributed by atoms with Crippen molar-refractivity contribution in [3.63, 3.8) is 0 Å². The van der Waals surface area contributed by atoms with Crippen LogP contribution in [0.3, 0.4) is 0 Å². The number of para-hydroxylation sites is 1. The highest BCUT2D eigenvalue weighted by molar-refractivity contribution is 7.99. The average molecular weight is 423 g/mol. The van der Waals surface area contributed by atoms with Gasteiger partial charge in [-0.15, -0.1) is 11.8 Å². The maximum Gasteiger partial charge on any atom is 0.260 e. The number of carbonyl (C=O) groups is 1. The van der Waals surface area contributed by atoms with Gasteiger partial charge >= 0.3 is 0 Å². The molecule has 1 heterocycles. The smallest absolute Gasteiger partial charge is 0.260 e. The van der Waals surface area contributed by atoms with Crippen molar-refractivity contribution in [3.05, 3.63) is 89.7 Å². The van der Waals surface area contributed by atoms with Crippen molar-refractivity contribution in [2.75, 3.05) is 10.7 Å². The highest BCUT2D eigenvalue weighted by atomic mass is 32.2. The second-order valence-corrected chi connectivity index (χ2v) is 8.76. The highest BCUT2D eigenvalue weighted by Gasteiger charge is 2.22. The molecule has 3 nitrogen and oxygen atoms in total. The van der Waals surface area contributed by atoms with Crippen LogP contribution >= 0.6 is 23.1 Å². The fraction of sp³-hybridized carbons (Fsp3) is 0.130. The molecule has 4 rings (SSSR count). The molecule has 0 bridgehead atoms. The van der Waals surface area contributed by atoms with E-state index in [1.807, 2.05) is 60.7 Å². The van der Waals surface area contributed by atoms with Crippen molar-refractivity contribution in [1.82, 2.24) is 4.98 Å². The summed E-state index contributed by atoms with van der Waals surface area (Å²) in [6, 6.07) is 22.2. The van der Waals surface area contributed by atoms with Crippen LogP contribution in [0, 0.1) is 5.82 Å². The molecular weight excluding hydrogens is 403 g/mol. The van der Waals surface area contributed by atoms with Gasteiger partial charge in [0.25, 0.3) is 5.91 Å². The van der Waals surface area contributed by atoms with E-state index < -0.39 is 0 Å². The van der Waals surface area contributed by atoms with Crippen LogP contribution in [0.1, 0.15) is 22.8 Å². The molecule has 4 aromatic rings. The first-order chi connectivity index (χ1) is 14.2. The van der Waals surface area contributed by atoms with Gasteiger partial charge in [0.15, 0.2) is 5.13 Å². The number of hydrogen-bond acceptors (Lipinski definition) is 4. The second-order valence-electron chi connectivity index (χ2n) is 6.42. The summed E-state index contributed by atoms with van der Waals surface area (Å²) in [5.74, 6) is 0.449. The number of anilines is 1. The third kappa shape index (κ3) is 4.33. The van der Waals surface area contributed by atoms with Crippen molar-refractivity contribution >= 4 is 44.4 Å². The molecule has 0 N–H and O–H groups in total. The lowest BCUT2D eigenvalue weighted by Gasteiger charge is -2.20. The molecular formula is C23H19FN2OS2. The van der Waals surface area contributed by atoms with Crippen LogP contribution in [0.2, 0.25) is 0 Å². The summed E-state index contributed by atoms with van der Waals surface area (Å²) in [6.45, 7) is 2.46. The molecule has 0 aliphatic heterocycles. The molecule has 0 fully saturated rings. The number of nitrogens with zero attached hydrogens (tertiary/aromatic N) is 2. The Bertz CT molecular complexity index is 1130. The molecule has 0 saturated carbocycles. The zero-order chi connectivity index (χ0) is 20.2. The summed E-state index contributed by atoms with van der Waals surface area (Å²) >= 11 is 3.05. The first-order valence-electron chi connectivity index (χ1n) is 9.29. The first-order valence-corrected chi connectivity index (χ1v) is 11.1. The van der Waals surface area contributed by atoms with Crippen molar-refractivity contribution < 1.29 is 9.18 Å². The zero-order valence-electron chi connectivity index (χ0n) is 15.8. The van der Waals surface area contributed by atoms with Crippen LogP contribution in [0.5, 0.6) is 0 Å². The predicted octanol–water partition coefficient (Wildman–Crippen LogP) is 6.39. The summed E-state index contributed by atoms with van der Waals surface area (Å²) in [7, 11) is 0. The topological polar surface area (TPSA) is 33.2 Å². The minimum Gasteiger partial charge on any atom is -0.279 e. The Balaban J connectivity index is 1.72. The molecule has 0 spiro atoms. The minimum absolute atomic E-state index is 0.152. The molecule has 6 heteroatoms. The van der Waals surface area contributed by atoms with E-state index in [4.69, 9.17) is 0 Å². The number of amides is 1. The summed E-state index contributed by atoms with van der Waals surface area (Å²) in [5, 5.41) is 0.492. The van der Waals surface area contributed by atoms with Crippen LogP contribution in [0.25, 0.3) is 10.2 Å². The quantitative estimate of drug-likeness (QED) is 0.337. The number of carbonyl (C=O) groups excluding carboxylic acids is 1. The molecule has 146 valence electrons. The van der Waals surface area contributed by atoms with Gasteiger partial charge in [0.2, 0.25) is 0 Å². The summed E-state index contributed by atoms with van der Waals surface area (Å²) in [6.07, 6.45) is 0. The van der Waals surface area contributed by atoms with Crippen LogP contribution in [0.15, 0.2) is 77.7 Å². The van der Waals surface area contributed by atoms with Gasteiger partial charge in [0, 0.05) is 10.5 Å². The Morgan fingerprint density at radius 1 is 1.03 bits per heavy atom. The molecule has 29 heavy (non-hydrogen) atoms. The first kappa shape index (κ1) is 19.6. The van der Waals surface area contributed by atoms with Gasteiger partial charge < -0.3 is 0 Å². The van der Waals surface area contributed by atoms with Gasteiger partial charge in [-0.25, -0.2) is 9.37 Å². The van der Waals surface area contributed by atoms with Crippen LogP contribution in [-0.2, 0) is 6.54 Å². The monoisotopic (exact) mass is 422 g/mol. The normalized spacial score (nSPS) is 11.0. The van der Waals surface area contributed by atoms with Crippen molar-refractivity contribution in [2.45, 2.75) is 18.4 Å². The zero-order valence-corrected chi connectivity index (χ0v) is 17.5. The van der Waals surface area contributed by atoms with E-state index in [0.717, 1.165) is 20.9 Å². The summed E-state index contributed by atoms with van der Waals surface area (Å²) < 4.78 is 14.9. The molecule has 0 atom stereocenters. The lowest BCUT2D eigenvalue weighted by Crippen LogP contribution is -2.30. The van der Waals surface area contributed by atoms with Crippen molar-refractivity contribution in [1.29, 1.82) is 0 Å². The molecule has 1 amide bonds. The predicted molar refractivity (Wildman–Crippen MR) is 119 cm³/mol. The Kier molecular flexibility index (Phi) is 5.92. The largest absolute Gasteiger partial charge is 0.279 e. The number of rotatable bonds is 6. The number of aromatic nitrogens is 1. The van der Waals surface area contributed by atoms with Gasteiger partial charge in [-0.2, -0.15) is 0 Å². The average Bonchev–Trinajstić information content (AvgIpc) is 3.18. The lowest BCUT2D eigenvalue weighted by atomic mass is 10.1. The van der Waals surface area contributed by atoms with Gasteiger partial charge in [-0.3, -0.25) is 9.69 Å². The standard InChI is InChI=1S/C23H19FN2OS2/c1-2-28-18-13-11-17(12-14-18)22(27)26(15-16-7-4-3-5-8-16)23-25-21-19(24)9-6-10-20(21)29-23/h3-14H,2,15H2,1H3. The van der Waals surface area contributed by atoms with Crippen LogP contribution in [0.4, 0.5) is 9.52 Å². The van der Waals surface area contributed by atoms with Gasteiger partial charge in [-0.05, 0) is 47.7 Å². The molecule has 0 radical (unpaired) electrons. The highest BCUT2D eigenvalue weighted by Crippen LogP contribution is 2.32. The molecule has 1 aromatic heterocycles. The van der Waals surface area contributed by atoms with Crippen LogP contribution in [-0.4, -0.2) is 16.6 Å². The number of thiazole rings is 1. The molecule has 3 aromatic carbocycles. The molecule has 0 saturated heterocycles. The van der Waals surface area contributed by atoms with Crippen molar-refractivity contribution in [2.24, 2.45) is 0 Å². The van der Waals surface area contributed by atoms with E-state index in [1.165, 1.54) is 17.4 Å². The molecule has 0 unspecified atom stereocenters. The third-order valence-corrected chi connectivity index (χ3v) is 6.37. The van der Waals surface area contributed by atoms with Crippen LogP contribution < -0.4 is 4.90 Å². The third-order valence-electron chi connectivity index (χ3n) is 4.43. The van der Waals surface area contributed by atoms with Gasteiger partial charge in [-0.1, -0.05) is 54.7 Å². The maximum atomic E-state index is 14.2. The second kappa shape index (κ2) is 8.76. The Labute approximate surface area is 177 Å². The number of benzene rings is 3. The summed E-state index contributed by atoms with van der Waals surface area (Å²) in [4.78, 5) is 20.6. The number of hydrogen-bond donors (Lipinski definition) is 0. The van der Waals surface area contributed by atoms with Gasteiger partial charge in [0.1, 0.15) is 11.3 Å². The van der Waals surface area contributed by atoms with E-state index in [1.54, 1.807) is 22.7 Å². The minimum atomic E-state index is -0.377. The SMILES string of the molecule is CCSc1ccc(C(=O)N(Cc2ccccc2)c2nc3c(F)cccc3s2)cc1. The lowest BCUT2D eigenvalue weighted by molar-refractivity contribution is 0.0985. The fourth-order valence-electron chi connectivity index (χ4n) is 3.03. The Hall–Kier alpha value is -2.70.